The maximum absolute atomic E-state index is 11.5. The molecule has 0 heterocycles. The van der Waals surface area contributed by atoms with Gasteiger partial charge in [0.05, 0.1) is 22.7 Å². The number of carboxylic acids is 1. The number of nitrogen functional groups attached to an aromatic ring is 1. The van der Waals surface area contributed by atoms with Gasteiger partial charge in [-0.3, -0.25) is 4.79 Å². The van der Waals surface area contributed by atoms with Crippen molar-refractivity contribution in [3.05, 3.63) is 23.8 Å². The third kappa shape index (κ3) is 3.99. The Balaban J connectivity index is 2.79. The summed E-state index contributed by atoms with van der Waals surface area (Å²) in [6.07, 6.45) is 0. The summed E-state index contributed by atoms with van der Waals surface area (Å²) in [5.41, 5.74) is 6.44. The first-order valence-corrected chi connectivity index (χ1v) is 6.20. The topological polar surface area (TPSA) is 92.4 Å². The number of nitrogens with one attached hydrogen (secondary N) is 1. The lowest BCUT2D eigenvalue weighted by Crippen LogP contribution is -2.16. The molecule has 0 unspecified atom stereocenters. The quantitative estimate of drug-likeness (QED) is 0.695. The summed E-state index contributed by atoms with van der Waals surface area (Å²) < 4.78 is 0. The monoisotopic (exact) mass is 254 g/mol. The van der Waals surface area contributed by atoms with Crippen molar-refractivity contribution in [2.24, 2.45) is 0 Å². The van der Waals surface area contributed by atoms with E-state index in [1.807, 2.05) is 6.92 Å². The van der Waals surface area contributed by atoms with Gasteiger partial charge in [-0.05, 0) is 24.0 Å². The Morgan fingerprint density at radius 2 is 2.18 bits per heavy atom. The summed E-state index contributed by atoms with van der Waals surface area (Å²) in [5, 5.41) is 11.4. The van der Waals surface area contributed by atoms with Gasteiger partial charge in [-0.25, -0.2) is 4.79 Å². The number of aromatic carboxylic acids is 1. The van der Waals surface area contributed by atoms with E-state index >= 15 is 0 Å². The van der Waals surface area contributed by atoms with Crippen LogP contribution in [-0.2, 0) is 4.79 Å². The number of hydrogen-bond donors (Lipinski definition) is 3. The van der Waals surface area contributed by atoms with Gasteiger partial charge in [-0.15, -0.1) is 0 Å². The molecule has 1 aromatic carbocycles. The van der Waals surface area contributed by atoms with Crippen molar-refractivity contribution in [2.75, 3.05) is 22.6 Å². The van der Waals surface area contributed by atoms with Gasteiger partial charge in [0.25, 0.3) is 0 Å². The van der Waals surface area contributed by atoms with Crippen LogP contribution in [0.25, 0.3) is 0 Å². The summed E-state index contributed by atoms with van der Waals surface area (Å²) >= 11 is 1.48. The Labute approximate surface area is 103 Å². The number of nitrogens with two attached hydrogens (primary N) is 1. The molecule has 0 fully saturated rings. The van der Waals surface area contributed by atoms with Crippen molar-refractivity contribution in [1.29, 1.82) is 0 Å². The molecular weight excluding hydrogens is 240 g/mol. The molecule has 1 amide bonds. The number of carboxylic acid groups (broad SMARTS) is 1. The molecule has 17 heavy (non-hydrogen) atoms. The highest BCUT2D eigenvalue weighted by atomic mass is 32.2. The third-order valence-corrected chi connectivity index (χ3v) is 2.89. The van der Waals surface area contributed by atoms with Crippen LogP contribution >= 0.6 is 11.8 Å². The molecule has 4 N–H and O–H groups in total. The van der Waals surface area contributed by atoms with Crippen molar-refractivity contribution in [2.45, 2.75) is 6.92 Å². The molecule has 0 saturated carbocycles. The molecular formula is C11H14N2O3S. The standard InChI is InChI=1S/C11H14N2O3S/c1-2-17-6-10(14)13-9-5-7(11(15)16)3-4-8(9)12/h3-5H,2,6,12H2,1H3,(H,13,14)(H,15,16). The molecule has 0 bridgehead atoms. The number of hydrogen-bond acceptors (Lipinski definition) is 4. The molecule has 92 valence electrons. The highest BCUT2D eigenvalue weighted by molar-refractivity contribution is 7.99. The lowest BCUT2D eigenvalue weighted by atomic mass is 10.1. The molecule has 0 aliphatic carbocycles. The molecule has 0 spiro atoms. The van der Waals surface area contributed by atoms with Gasteiger partial charge in [0.1, 0.15) is 0 Å². The largest absolute Gasteiger partial charge is 0.478 e. The van der Waals surface area contributed by atoms with Gasteiger partial charge in [-0.2, -0.15) is 11.8 Å². The maximum Gasteiger partial charge on any atom is 0.335 e. The zero-order valence-electron chi connectivity index (χ0n) is 9.40. The Morgan fingerprint density at radius 3 is 2.76 bits per heavy atom. The lowest BCUT2D eigenvalue weighted by molar-refractivity contribution is -0.113. The minimum Gasteiger partial charge on any atom is -0.478 e. The zero-order valence-corrected chi connectivity index (χ0v) is 10.2. The number of anilines is 2. The summed E-state index contributed by atoms with van der Waals surface area (Å²) in [7, 11) is 0. The average molecular weight is 254 g/mol. The minimum absolute atomic E-state index is 0.0950. The van der Waals surface area contributed by atoms with Crippen LogP contribution in [0, 0.1) is 0 Å². The first-order chi connectivity index (χ1) is 8.04. The second kappa shape index (κ2) is 6.15. The first-order valence-electron chi connectivity index (χ1n) is 5.05. The molecule has 0 radical (unpaired) electrons. The van der Waals surface area contributed by atoms with Crippen LogP contribution in [0.2, 0.25) is 0 Å². The fourth-order valence-electron chi connectivity index (χ4n) is 1.18. The molecule has 1 rings (SSSR count). The second-order valence-corrected chi connectivity index (χ2v) is 4.57. The van der Waals surface area contributed by atoms with Crippen LogP contribution in [0.15, 0.2) is 18.2 Å². The summed E-state index contributed by atoms with van der Waals surface area (Å²) in [6.45, 7) is 1.96. The van der Waals surface area contributed by atoms with Crippen molar-refractivity contribution in [3.63, 3.8) is 0 Å². The predicted molar refractivity (Wildman–Crippen MR) is 69.4 cm³/mol. The molecule has 1 aromatic rings. The van der Waals surface area contributed by atoms with Crippen LogP contribution in [0.3, 0.4) is 0 Å². The number of carbonyl (C=O) groups excluding carboxylic acids is 1. The Morgan fingerprint density at radius 1 is 1.47 bits per heavy atom. The smallest absolute Gasteiger partial charge is 0.335 e. The summed E-state index contributed by atoms with van der Waals surface area (Å²) in [4.78, 5) is 22.2. The zero-order chi connectivity index (χ0) is 12.8. The van der Waals surface area contributed by atoms with Crippen LogP contribution in [0.1, 0.15) is 17.3 Å². The lowest BCUT2D eigenvalue weighted by Gasteiger charge is -2.08. The molecule has 0 aliphatic rings. The van der Waals surface area contributed by atoms with Crippen LogP contribution in [-0.4, -0.2) is 28.5 Å². The van der Waals surface area contributed by atoms with E-state index in [2.05, 4.69) is 5.32 Å². The van der Waals surface area contributed by atoms with Gasteiger partial charge in [0.15, 0.2) is 0 Å². The van der Waals surface area contributed by atoms with E-state index in [9.17, 15) is 9.59 Å². The van der Waals surface area contributed by atoms with E-state index in [1.165, 1.54) is 30.0 Å². The van der Waals surface area contributed by atoms with Crippen LogP contribution < -0.4 is 11.1 Å². The number of benzene rings is 1. The van der Waals surface area contributed by atoms with E-state index in [-0.39, 0.29) is 11.5 Å². The molecule has 0 aliphatic heterocycles. The summed E-state index contributed by atoms with van der Waals surface area (Å²) in [5.74, 6) is -0.0693. The first kappa shape index (κ1) is 13.4. The molecule has 0 aromatic heterocycles. The van der Waals surface area contributed by atoms with Gasteiger partial charge in [0.2, 0.25) is 5.91 Å². The van der Waals surface area contributed by atoms with Crippen LogP contribution in [0.4, 0.5) is 11.4 Å². The van der Waals surface area contributed by atoms with E-state index in [4.69, 9.17) is 10.8 Å². The van der Waals surface area contributed by atoms with Gasteiger partial charge >= 0.3 is 5.97 Å². The maximum atomic E-state index is 11.5. The fraction of sp³-hybridized carbons (Fsp3) is 0.273. The van der Waals surface area contributed by atoms with E-state index < -0.39 is 5.97 Å². The molecule has 0 atom stereocenters. The highest BCUT2D eigenvalue weighted by Crippen LogP contribution is 2.20. The SMILES string of the molecule is CCSCC(=O)Nc1cc(C(=O)O)ccc1N. The van der Waals surface area contributed by atoms with Crippen molar-refractivity contribution < 1.29 is 14.7 Å². The van der Waals surface area contributed by atoms with E-state index in [0.717, 1.165) is 5.75 Å². The van der Waals surface area contributed by atoms with Gasteiger partial charge < -0.3 is 16.2 Å². The minimum atomic E-state index is -1.05. The number of carbonyl (C=O) groups is 2. The Bertz CT molecular complexity index is 435. The van der Waals surface area contributed by atoms with Crippen LogP contribution in [0.5, 0.6) is 0 Å². The van der Waals surface area contributed by atoms with Gasteiger partial charge in [-0.1, -0.05) is 6.92 Å². The number of amides is 1. The predicted octanol–water partition coefficient (Wildman–Crippen LogP) is 1.66. The van der Waals surface area contributed by atoms with E-state index in [0.29, 0.717) is 17.1 Å². The number of rotatable bonds is 5. The molecule has 6 heteroatoms. The second-order valence-electron chi connectivity index (χ2n) is 3.29. The van der Waals surface area contributed by atoms with Crippen molar-refractivity contribution in [1.82, 2.24) is 0 Å². The normalized spacial score (nSPS) is 9.94. The summed E-state index contributed by atoms with van der Waals surface area (Å²) in [6, 6.07) is 4.21. The third-order valence-electron chi connectivity index (χ3n) is 2.01. The average Bonchev–Trinajstić information content (AvgIpc) is 2.29. The Hall–Kier alpha value is -1.69. The number of thioether (sulfide) groups is 1. The van der Waals surface area contributed by atoms with Crippen molar-refractivity contribution >= 4 is 35.0 Å². The molecule has 0 saturated heterocycles. The highest BCUT2D eigenvalue weighted by Gasteiger charge is 2.09. The van der Waals surface area contributed by atoms with Crippen molar-refractivity contribution in [3.8, 4) is 0 Å². The fourth-order valence-corrected chi connectivity index (χ4v) is 1.64. The Kier molecular flexibility index (Phi) is 4.84. The van der Waals surface area contributed by atoms with Gasteiger partial charge in [0, 0.05) is 0 Å². The van der Waals surface area contributed by atoms with E-state index in [1.54, 1.807) is 0 Å². The molecule has 5 nitrogen and oxygen atoms in total.